The fourth-order valence-electron chi connectivity index (χ4n) is 1.74. The second-order valence-electron chi connectivity index (χ2n) is 4.30. The first-order valence-electron chi connectivity index (χ1n) is 6.19. The Morgan fingerprint density at radius 2 is 2.10 bits per heavy atom. The molecular weight excluding hydrogens is 270 g/mol. The molecule has 0 aliphatic heterocycles. The average molecular weight is 283 g/mol. The van der Waals surface area contributed by atoms with Gasteiger partial charge in [-0.2, -0.15) is 5.10 Å². The highest BCUT2D eigenvalue weighted by molar-refractivity contribution is 6.04. The minimum atomic E-state index is -0.440. The van der Waals surface area contributed by atoms with E-state index in [2.05, 4.69) is 5.10 Å². The topological polar surface area (TPSA) is 78.0 Å². The van der Waals surface area contributed by atoms with Crippen molar-refractivity contribution in [3.63, 3.8) is 0 Å². The van der Waals surface area contributed by atoms with Gasteiger partial charge < -0.3 is 0 Å². The molecule has 106 valence electrons. The van der Waals surface area contributed by atoms with Crippen LogP contribution >= 0.6 is 0 Å². The largest absolute Gasteiger partial charge is 0.289 e. The van der Waals surface area contributed by atoms with Crippen LogP contribution in [0, 0.1) is 10.1 Å². The SMILES string of the molecule is Cn1cc(C(=O)C=CC=Cc2ccccc2[N+](=O)[O-])cn1. The van der Waals surface area contributed by atoms with Gasteiger partial charge in [0, 0.05) is 19.3 Å². The molecule has 0 amide bonds. The number of para-hydroxylation sites is 1. The Labute approximate surface area is 121 Å². The number of rotatable bonds is 5. The standard InChI is InChI=1S/C15H13N3O3/c1-17-11-13(10-16-17)15(19)9-5-3-7-12-6-2-4-8-14(12)18(20)21/h2-11H,1H3. The summed E-state index contributed by atoms with van der Waals surface area (Å²) in [6, 6.07) is 6.41. The Kier molecular flexibility index (Phi) is 4.40. The molecule has 0 radical (unpaired) electrons. The lowest BCUT2D eigenvalue weighted by molar-refractivity contribution is -0.385. The summed E-state index contributed by atoms with van der Waals surface area (Å²) in [6.07, 6.45) is 9.23. The Bertz CT molecular complexity index is 729. The van der Waals surface area contributed by atoms with Gasteiger partial charge in [0.15, 0.2) is 5.78 Å². The number of carbonyl (C=O) groups is 1. The smallest absolute Gasteiger partial charge is 0.276 e. The molecular formula is C15H13N3O3. The Hall–Kier alpha value is -3.02. The summed E-state index contributed by atoms with van der Waals surface area (Å²) in [5, 5.41) is 14.8. The van der Waals surface area contributed by atoms with E-state index < -0.39 is 4.92 Å². The number of ketones is 1. The van der Waals surface area contributed by atoms with Gasteiger partial charge in [0.05, 0.1) is 22.2 Å². The van der Waals surface area contributed by atoms with Crippen molar-refractivity contribution in [2.75, 3.05) is 0 Å². The van der Waals surface area contributed by atoms with Gasteiger partial charge in [-0.15, -0.1) is 0 Å². The van der Waals surface area contributed by atoms with E-state index in [-0.39, 0.29) is 11.5 Å². The number of aryl methyl sites for hydroxylation is 1. The van der Waals surface area contributed by atoms with Crippen LogP contribution in [-0.2, 0) is 7.05 Å². The van der Waals surface area contributed by atoms with Crippen molar-refractivity contribution < 1.29 is 9.72 Å². The third-order valence-electron chi connectivity index (χ3n) is 2.76. The molecule has 2 aromatic rings. The first-order chi connectivity index (χ1) is 10.1. The summed E-state index contributed by atoms with van der Waals surface area (Å²) in [5.41, 5.74) is 1.01. The molecule has 0 atom stereocenters. The molecule has 0 aliphatic carbocycles. The van der Waals surface area contributed by atoms with Gasteiger partial charge in [0.2, 0.25) is 0 Å². The molecule has 0 aliphatic rings. The maximum Gasteiger partial charge on any atom is 0.276 e. The van der Waals surface area contributed by atoms with E-state index in [9.17, 15) is 14.9 Å². The normalized spacial score (nSPS) is 11.3. The quantitative estimate of drug-likeness (QED) is 0.278. The van der Waals surface area contributed by atoms with Crippen LogP contribution in [0.3, 0.4) is 0 Å². The molecule has 0 N–H and O–H groups in total. The zero-order valence-corrected chi connectivity index (χ0v) is 11.3. The first kappa shape index (κ1) is 14.4. The summed E-state index contributed by atoms with van der Waals surface area (Å²) < 4.78 is 1.55. The van der Waals surface area contributed by atoms with Gasteiger partial charge >= 0.3 is 0 Å². The van der Waals surface area contributed by atoms with Crippen LogP contribution < -0.4 is 0 Å². The maximum absolute atomic E-state index is 11.8. The highest BCUT2D eigenvalue weighted by Gasteiger charge is 2.08. The molecule has 21 heavy (non-hydrogen) atoms. The molecule has 2 rings (SSSR count). The van der Waals surface area contributed by atoms with Crippen molar-refractivity contribution in [1.29, 1.82) is 0 Å². The van der Waals surface area contributed by atoms with Crippen LogP contribution in [-0.4, -0.2) is 20.5 Å². The zero-order chi connectivity index (χ0) is 15.2. The highest BCUT2D eigenvalue weighted by Crippen LogP contribution is 2.18. The van der Waals surface area contributed by atoms with Crippen LogP contribution in [0.2, 0.25) is 0 Å². The second-order valence-corrected chi connectivity index (χ2v) is 4.30. The second kappa shape index (κ2) is 6.42. The predicted molar refractivity (Wildman–Crippen MR) is 78.8 cm³/mol. The van der Waals surface area contributed by atoms with E-state index in [0.29, 0.717) is 11.1 Å². The lowest BCUT2D eigenvalue weighted by Crippen LogP contribution is -1.91. The third-order valence-corrected chi connectivity index (χ3v) is 2.76. The third kappa shape index (κ3) is 3.73. The number of benzene rings is 1. The number of nitro benzene ring substituents is 1. The molecule has 1 heterocycles. The van der Waals surface area contributed by atoms with Gasteiger partial charge in [-0.25, -0.2) is 0 Å². The first-order valence-corrected chi connectivity index (χ1v) is 6.19. The van der Waals surface area contributed by atoms with E-state index in [1.54, 1.807) is 54.4 Å². The Balaban J connectivity index is 2.07. The summed E-state index contributed by atoms with van der Waals surface area (Å²) >= 11 is 0. The predicted octanol–water partition coefficient (Wildman–Crippen LogP) is 2.78. The van der Waals surface area contributed by atoms with Crippen molar-refractivity contribution in [1.82, 2.24) is 9.78 Å². The average Bonchev–Trinajstić information content (AvgIpc) is 2.90. The molecule has 0 spiro atoms. The van der Waals surface area contributed by atoms with Gasteiger partial charge in [-0.05, 0) is 18.2 Å². The minimum Gasteiger partial charge on any atom is -0.289 e. The van der Waals surface area contributed by atoms with Crippen molar-refractivity contribution in [2.45, 2.75) is 0 Å². The van der Waals surface area contributed by atoms with Gasteiger partial charge in [-0.3, -0.25) is 19.6 Å². The monoisotopic (exact) mass is 283 g/mol. The summed E-state index contributed by atoms with van der Waals surface area (Å²) in [6.45, 7) is 0. The van der Waals surface area contributed by atoms with E-state index in [0.717, 1.165) is 0 Å². The van der Waals surface area contributed by atoms with E-state index in [1.807, 2.05) is 0 Å². The minimum absolute atomic E-state index is 0.0285. The summed E-state index contributed by atoms with van der Waals surface area (Å²) in [4.78, 5) is 22.2. The fourth-order valence-corrected chi connectivity index (χ4v) is 1.74. The Morgan fingerprint density at radius 1 is 1.33 bits per heavy atom. The summed E-state index contributed by atoms with van der Waals surface area (Å²) in [7, 11) is 1.73. The molecule has 0 saturated heterocycles. The van der Waals surface area contributed by atoms with Gasteiger partial charge in [-0.1, -0.05) is 24.3 Å². The number of hydrogen-bond acceptors (Lipinski definition) is 4. The number of hydrogen-bond donors (Lipinski definition) is 0. The van der Waals surface area contributed by atoms with E-state index in [1.165, 1.54) is 18.3 Å². The maximum atomic E-state index is 11.8. The van der Waals surface area contributed by atoms with Crippen molar-refractivity contribution in [3.8, 4) is 0 Å². The summed E-state index contributed by atoms with van der Waals surface area (Å²) in [5.74, 6) is -0.171. The lowest BCUT2D eigenvalue weighted by Gasteiger charge is -1.95. The molecule has 1 aromatic heterocycles. The molecule has 0 bridgehead atoms. The van der Waals surface area contributed by atoms with Crippen LogP contribution in [0.4, 0.5) is 5.69 Å². The number of nitro groups is 1. The van der Waals surface area contributed by atoms with Gasteiger partial charge in [0.1, 0.15) is 0 Å². The molecule has 0 unspecified atom stereocenters. The highest BCUT2D eigenvalue weighted by atomic mass is 16.6. The van der Waals surface area contributed by atoms with Crippen LogP contribution in [0.15, 0.2) is 54.9 Å². The van der Waals surface area contributed by atoms with Crippen molar-refractivity contribution in [2.24, 2.45) is 7.05 Å². The lowest BCUT2D eigenvalue weighted by atomic mass is 10.1. The molecule has 6 nitrogen and oxygen atoms in total. The number of carbonyl (C=O) groups excluding carboxylic acids is 1. The molecule has 6 heteroatoms. The zero-order valence-electron chi connectivity index (χ0n) is 11.3. The van der Waals surface area contributed by atoms with Crippen LogP contribution in [0.25, 0.3) is 6.08 Å². The number of nitrogens with zero attached hydrogens (tertiary/aromatic N) is 3. The van der Waals surface area contributed by atoms with Crippen LogP contribution in [0.5, 0.6) is 0 Å². The Morgan fingerprint density at radius 3 is 2.76 bits per heavy atom. The van der Waals surface area contributed by atoms with Gasteiger partial charge in [0.25, 0.3) is 5.69 Å². The fraction of sp³-hybridized carbons (Fsp3) is 0.0667. The van der Waals surface area contributed by atoms with Crippen molar-refractivity contribution >= 4 is 17.5 Å². The molecule has 0 saturated carbocycles. The molecule has 0 fully saturated rings. The van der Waals surface area contributed by atoms with E-state index in [4.69, 9.17) is 0 Å². The molecule has 1 aromatic carbocycles. The van der Waals surface area contributed by atoms with E-state index >= 15 is 0 Å². The van der Waals surface area contributed by atoms with Crippen molar-refractivity contribution in [3.05, 3.63) is 76.1 Å². The van der Waals surface area contributed by atoms with Crippen LogP contribution in [0.1, 0.15) is 15.9 Å². The number of allylic oxidation sites excluding steroid dienone is 3. The number of aromatic nitrogens is 2.